The molecule has 0 bridgehead atoms. The number of rotatable bonds is 6. The Morgan fingerprint density at radius 2 is 2.30 bits per heavy atom. The second-order valence-electron chi connectivity index (χ2n) is 9.33. The molecule has 0 amide bonds. The lowest BCUT2D eigenvalue weighted by molar-refractivity contribution is -0.146. The van der Waals surface area contributed by atoms with E-state index in [0.29, 0.717) is 17.9 Å². The molecule has 0 spiro atoms. The van der Waals surface area contributed by atoms with Gasteiger partial charge in [0.05, 0.1) is 12.2 Å². The van der Waals surface area contributed by atoms with E-state index in [2.05, 4.69) is 25.7 Å². The first-order valence-electron chi connectivity index (χ1n) is 10.6. The minimum Gasteiger partial charge on any atom is -0.469 e. The average molecular weight is 372 g/mol. The number of furan rings is 1. The Hall–Kier alpha value is -1.55. The van der Waals surface area contributed by atoms with Crippen LogP contribution >= 0.6 is 0 Å². The summed E-state index contributed by atoms with van der Waals surface area (Å²) < 4.78 is 11.3. The van der Waals surface area contributed by atoms with Gasteiger partial charge in [0.15, 0.2) is 0 Å². The highest BCUT2D eigenvalue weighted by Gasteiger charge is 2.54. The summed E-state index contributed by atoms with van der Waals surface area (Å²) in [5.74, 6) is 1.91. The minimum atomic E-state index is -0.0136. The van der Waals surface area contributed by atoms with Crippen LogP contribution in [-0.2, 0) is 16.0 Å². The predicted octanol–water partition coefficient (Wildman–Crippen LogP) is 4.50. The zero-order chi connectivity index (χ0) is 19.0. The molecule has 1 aromatic rings. The molecule has 4 nitrogen and oxygen atoms in total. The Bertz CT molecular complexity index is 682. The van der Waals surface area contributed by atoms with Crippen molar-refractivity contribution in [1.29, 1.82) is 0 Å². The number of carbonyl (C=O) groups is 1. The van der Waals surface area contributed by atoms with Gasteiger partial charge in [-0.25, -0.2) is 0 Å². The Morgan fingerprint density at radius 3 is 3.07 bits per heavy atom. The molecule has 2 heterocycles. The predicted molar refractivity (Wildman–Crippen MR) is 105 cm³/mol. The molecule has 3 aliphatic rings. The molecule has 1 aromatic heterocycles. The summed E-state index contributed by atoms with van der Waals surface area (Å²) in [6.07, 6.45) is 9.45. The van der Waals surface area contributed by atoms with Crippen molar-refractivity contribution in [3.63, 3.8) is 0 Å². The fourth-order valence-corrected chi connectivity index (χ4v) is 5.73. The molecule has 0 radical (unpaired) electrons. The van der Waals surface area contributed by atoms with Gasteiger partial charge in [0, 0.05) is 24.9 Å². The van der Waals surface area contributed by atoms with Crippen LogP contribution in [0, 0.1) is 23.2 Å². The minimum absolute atomic E-state index is 0.00333. The van der Waals surface area contributed by atoms with Crippen molar-refractivity contribution in [3.8, 4) is 0 Å². The standard InChI is InChI=1S/C23H33NO3/c1-15-6-4-10-23(3)13-21-18(12-20(15)23)19(22(25)27-21)14-24-16(2)8-9-17-7-5-11-26-17/h5,7,11,16,18-21,24H,1,4,6,8-10,12-14H2,2-3H3/t16?,18-,19?,20+,21-,23-/m1/s1. The van der Waals surface area contributed by atoms with Crippen molar-refractivity contribution in [2.24, 2.45) is 23.2 Å². The van der Waals surface area contributed by atoms with Crippen molar-refractivity contribution in [3.05, 3.63) is 36.3 Å². The highest BCUT2D eigenvalue weighted by molar-refractivity contribution is 5.75. The Kier molecular flexibility index (Phi) is 5.19. The van der Waals surface area contributed by atoms with Crippen molar-refractivity contribution in [1.82, 2.24) is 5.32 Å². The van der Waals surface area contributed by atoms with Gasteiger partial charge in [0.1, 0.15) is 11.9 Å². The van der Waals surface area contributed by atoms with Crippen molar-refractivity contribution < 1.29 is 13.9 Å². The number of ether oxygens (including phenoxy) is 1. The molecule has 148 valence electrons. The molecule has 27 heavy (non-hydrogen) atoms. The molecule has 2 saturated carbocycles. The van der Waals surface area contributed by atoms with Crippen LogP contribution in [0.4, 0.5) is 0 Å². The maximum absolute atomic E-state index is 12.6. The van der Waals surface area contributed by atoms with Gasteiger partial charge in [-0.3, -0.25) is 4.79 Å². The zero-order valence-electron chi connectivity index (χ0n) is 16.7. The first-order valence-corrected chi connectivity index (χ1v) is 10.6. The van der Waals surface area contributed by atoms with Crippen molar-refractivity contribution >= 4 is 5.97 Å². The fourth-order valence-electron chi connectivity index (χ4n) is 5.73. The first-order chi connectivity index (χ1) is 13.0. The van der Waals surface area contributed by atoms with Gasteiger partial charge in [0.25, 0.3) is 0 Å². The van der Waals surface area contributed by atoms with Crippen LogP contribution in [0.5, 0.6) is 0 Å². The first kappa shape index (κ1) is 18.8. The molecule has 2 aliphatic carbocycles. The highest BCUT2D eigenvalue weighted by atomic mass is 16.6. The summed E-state index contributed by atoms with van der Waals surface area (Å²) in [4.78, 5) is 12.6. The van der Waals surface area contributed by atoms with E-state index in [1.165, 1.54) is 18.4 Å². The van der Waals surface area contributed by atoms with Crippen LogP contribution in [-0.4, -0.2) is 24.7 Å². The van der Waals surface area contributed by atoms with Crippen LogP contribution in [0.1, 0.15) is 58.1 Å². The smallest absolute Gasteiger partial charge is 0.310 e. The van der Waals surface area contributed by atoms with E-state index in [1.807, 2.05) is 12.1 Å². The lowest BCUT2D eigenvalue weighted by Gasteiger charge is -2.50. The fraction of sp³-hybridized carbons (Fsp3) is 0.696. The van der Waals surface area contributed by atoms with Crippen molar-refractivity contribution in [2.75, 3.05) is 6.54 Å². The molecule has 2 unspecified atom stereocenters. The Morgan fingerprint density at radius 1 is 1.44 bits per heavy atom. The summed E-state index contributed by atoms with van der Waals surface area (Å²) in [6, 6.07) is 4.29. The number of nitrogens with one attached hydrogen (secondary N) is 1. The topological polar surface area (TPSA) is 51.5 Å². The van der Waals surface area contributed by atoms with Crippen LogP contribution in [0.3, 0.4) is 0 Å². The molecule has 3 fully saturated rings. The number of aryl methyl sites for hydroxylation is 1. The maximum Gasteiger partial charge on any atom is 0.310 e. The monoisotopic (exact) mass is 371 g/mol. The third-order valence-electron chi connectivity index (χ3n) is 7.41. The summed E-state index contributed by atoms with van der Waals surface area (Å²) >= 11 is 0. The third kappa shape index (κ3) is 3.73. The number of carbonyl (C=O) groups excluding carboxylic acids is 1. The molecule has 1 N–H and O–H groups in total. The highest BCUT2D eigenvalue weighted by Crippen LogP contribution is 2.56. The van der Waals surface area contributed by atoms with Gasteiger partial charge in [-0.15, -0.1) is 0 Å². The van der Waals surface area contributed by atoms with E-state index < -0.39 is 0 Å². The average Bonchev–Trinajstić information content (AvgIpc) is 3.23. The number of hydrogen-bond acceptors (Lipinski definition) is 4. The summed E-state index contributed by atoms with van der Waals surface area (Å²) in [5.41, 5.74) is 1.68. The SMILES string of the molecule is C=C1CCC[C@]2(C)C[C@H]3OC(=O)C(CNC(C)CCc4ccco4)[C@H]3C[C@@H]12. The van der Waals surface area contributed by atoms with Gasteiger partial charge in [-0.1, -0.05) is 19.1 Å². The van der Waals surface area contributed by atoms with E-state index >= 15 is 0 Å². The zero-order valence-corrected chi connectivity index (χ0v) is 16.7. The second-order valence-corrected chi connectivity index (χ2v) is 9.33. The molecular formula is C23H33NO3. The van der Waals surface area contributed by atoms with E-state index in [0.717, 1.165) is 44.4 Å². The largest absolute Gasteiger partial charge is 0.469 e. The van der Waals surface area contributed by atoms with Gasteiger partial charge in [-0.05, 0) is 68.9 Å². The number of esters is 1. The van der Waals surface area contributed by atoms with Gasteiger partial charge in [0.2, 0.25) is 0 Å². The molecule has 0 aromatic carbocycles. The molecular weight excluding hydrogens is 338 g/mol. The van der Waals surface area contributed by atoms with Crippen LogP contribution < -0.4 is 5.32 Å². The summed E-state index contributed by atoms with van der Waals surface area (Å²) in [7, 11) is 0. The van der Waals surface area contributed by atoms with Gasteiger partial charge >= 0.3 is 5.97 Å². The van der Waals surface area contributed by atoms with Crippen LogP contribution in [0.15, 0.2) is 35.0 Å². The third-order valence-corrected chi connectivity index (χ3v) is 7.41. The van der Waals surface area contributed by atoms with E-state index in [-0.39, 0.29) is 23.4 Å². The van der Waals surface area contributed by atoms with Crippen molar-refractivity contribution in [2.45, 2.75) is 70.9 Å². The molecule has 4 rings (SSSR count). The number of hydrogen-bond donors (Lipinski definition) is 1. The number of fused-ring (bicyclic) bond motifs is 2. The molecule has 1 aliphatic heterocycles. The van der Waals surface area contributed by atoms with Crippen LogP contribution in [0.25, 0.3) is 0 Å². The quantitative estimate of drug-likeness (QED) is 0.591. The van der Waals surface area contributed by atoms with Crippen LogP contribution in [0.2, 0.25) is 0 Å². The molecule has 6 atom stereocenters. The lowest BCUT2D eigenvalue weighted by atomic mass is 9.55. The lowest BCUT2D eigenvalue weighted by Crippen LogP contribution is -2.45. The normalized spacial score (nSPS) is 36.8. The molecule has 4 heteroatoms. The Labute approximate surface area is 162 Å². The van der Waals surface area contributed by atoms with Gasteiger partial charge < -0.3 is 14.5 Å². The van der Waals surface area contributed by atoms with Gasteiger partial charge in [-0.2, -0.15) is 0 Å². The van der Waals surface area contributed by atoms with E-state index in [4.69, 9.17) is 9.15 Å². The summed E-state index contributed by atoms with van der Waals surface area (Å²) in [6.45, 7) is 9.66. The Balaban J connectivity index is 1.34. The van der Waals surface area contributed by atoms with E-state index in [1.54, 1.807) is 6.26 Å². The molecule has 1 saturated heterocycles. The maximum atomic E-state index is 12.6. The second kappa shape index (κ2) is 7.46. The van der Waals surface area contributed by atoms with E-state index in [9.17, 15) is 4.79 Å². The number of allylic oxidation sites excluding steroid dienone is 1. The summed E-state index contributed by atoms with van der Waals surface area (Å²) in [5, 5.41) is 3.58.